The van der Waals surface area contributed by atoms with Gasteiger partial charge in [0.2, 0.25) is 0 Å². The van der Waals surface area contributed by atoms with Crippen LogP contribution in [0.4, 0.5) is 5.69 Å². The Labute approximate surface area is 127 Å². The van der Waals surface area contributed by atoms with Crippen molar-refractivity contribution in [3.8, 4) is 0 Å². The molecule has 0 fully saturated rings. The number of anilines is 1. The summed E-state index contributed by atoms with van der Waals surface area (Å²) in [5.74, 6) is 0. The van der Waals surface area contributed by atoms with Gasteiger partial charge in [-0.15, -0.1) is 0 Å². The average molecular weight is 303 g/mol. The summed E-state index contributed by atoms with van der Waals surface area (Å²) >= 11 is 0. The molecule has 2 aromatic rings. The molecular weight excluding hydrogens is 282 g/mol. The molecule has 0 saturated heterocycles. The van der Waals surface area contributed by atoms with Gasteiger partial charge in [0.25, 0.3) is 10.0 Å². The minimum atomic E-state index is -3.53. The molecule has 2 rings (SSSR count). The molecule has 3 nitrogen and oxygen atoms in total. The maximum absolute atomic E-state index is 12.8. The van der Waals surface area contributed by atoms with Gasteiger partial charge in [-0.1, -0.05) is 35.4 Å². The Hall–Kier alpha value is -1.81. The van der Waals surface area contributed by atoms with Crippen LogP contribution in [-0.4, -0.2) is 15.5 Å². The lowest BCUT2D eigenvalue weighted by Crippen LogP contribution is -2.28. The van der Waals surface area contributed by atoms with Crippen molar-refractivity contribution < 1.29 is 8.42 Å². The van der Waals surface area contributed by atoms with Crippen molar-refractivity contribution in [1.29, 1.82) is 0 Å². The Bertz CT molecular complexity index is 739. The van der Waals surface area contributed by atoms with E-state index in [0.29, 0.717) is 4.90 Å². The van der Waals surface area contributed by atoms with Gasteiger partial charge in [-0.3, -0.25) is 4.31 Å². The first-order valence-electron chi connectivity index (χ1n) is 6.87. The van der Waals surface area contributed by atoms with E-state index in [1.807, 2.05) is 52.0 Å². The summed E-state index contributed by atoms with van der Waals surface area (Å²) in [6.07, 6.45) is 0. The normalized spacial score (nSPS) is 11.5. The first-order valence-corrected chi connectivity index (χ1v) is 8.31. The standard InChI is InChI=1S/C17H21NO2S/c1-12-6-8-16(9-7-12)21(19,20)18(5)17-14(3)10-13(2)11-15(17)4/h6-11H,1-5H3. The van der Waals surface area contributed by atoms with Crippen LogP contribution < -0.4 is 4.31 Å². The van der Waals surface area contributed by atoms with Crippen LogP contribution in [0.5, 0.6) is 0 Å². The monoisotopic (exact) mass is 303 g/mol. The Morgan fingerprint density at radius 1 is 0.810 bits per heavy atom. The van der Waals surface area contributed by atoms with Gasteiger partial charge in [-0.05, 0) is 51.0 Å². The lowest BCUT2D eigenvalue weighted by molar-refractivity contribution is 0.594. The van der Waals surface area contributed by atoms with Gasteiger partial charge >= 0.3 is 0 Å². The molecule has 0 heterocycles. The summed E-state index contributed by atoms with van der Waals surface area (Å²) < 4.78 is 26.9. The molecule has 0 N–H and O–H groups in total. The van der Waals surface area contributed by atoms with Crippen molar-refractivity contribution in [3.63, 3.8) is 0 Å². The molecule has 0 saturated carbocycles. The molecule has 0 aromatic heterocycles. The molecule has 0 aliphatic carbocycles. The van der Waals surface area contributed by atoms with Crippen LogP contribution in [0.2, 0.25) is 0 Å². The van der Waals surface area contributed by atoms with E-state index in [9.17, 15) is 8.42 Å². The third kappa shape index (κ3) is 2.95. The van der Waals surface area contributed by atoms with E-state index in [-0.39, 0.29) is 0 Å². The van der Waals surface area contributed by atoms with Crippen LogP contribution in [0.1, 0.15) is 22.3 Å². The van der Waals surface area contributed by atoms with Crippen molar-refractivity contribution >= 4 is 15.7 Å². The fraction of sp³-hybridized carbons (Fsp3) is 0.294. The molecule has 0 amide bonds. The van der Waals surface area contributed by atoms with Crippen LogP contribution in [0.3, 0.4) is 0 Å². The Balaban J connectivity index is 2.53. The van der Waals surface area contributed by atoms with Crippen molar-refractivity contribution in [1.82, 2.24) is 0 Å². The first kappa shape index (κ1) is 15.6. The third-order valence-electron chi connectivity index (χ3n) is 3.63. The highest BCUT2D eigenvalue weighted by atomic mass is 32.2. The summed E-state index contributed by atoms with van der Waals surface area (Å²) in [6.45, 7) is 7.83. The average Bonchev–Trinajstić information content (AvgIpc) is 2.37. The molecule has 4 heteroatoms. The molecule has 0 aliphatic heterocycles. The van der Waals surface area contributed by atoms with Gasteiger partial charge in [0.05, 0.1) is 10.6 Å². The second kappa shape index (κ2) is 5.53. The summed E-state index contributed by atoms with van der Waals surface area (Å²) in [5.41, 5.74) is 4.85. The molecule has 112 valence electrons. The van der Waals surface area contributed by atoms with Crippen LogP contribution in [-0.2, 0) is 10.0 Å². The number of nitrogens with zero attached hydrogens (tertiary/aromatic N) is 1. The van der Waals surface area contributed by atoms with Gasteiger partial charge in [-0.2, -0.15) is 0 Å². The predicted octanol–water partition coefficient (Wildman–Crippen LogP) is 3.75. The molecule has 0 aliphatic rings. The number of rotatable bonds is 3. The third-order valence-corrected chi connectivity index (χ3v) is 5.40. The molecular formula is C17H21NO2S. The number of hydrogen-bond donors (Lipinski definition) is 0. The molecule has 0 spiro atoms. The zero-order valence-corrected chi connectivity index (χ0v) is 14.0. The second-order valence-electron chi connectivity index (χ2n) is 5.53. The lowest BCUT2D eigenvalue weighted by atomic mass is 10.1. The SMILES string of the molecule is Cc1ccc(S(=O)(=O)N(C)c2c(C)cc(C)cc2C)cc1. The van der Waals surface area contributed by atoms with Crippen LogP contribution >= 0.6 is 0 Å². The first-order chi connectivity index (χ1) is 9.73. The Kier molecular flexibility index (Phi) is 4.10. The zero-order chi connectivity index (χ0) is 15.8. The number of aryl methyl sites for hydroxylation is 4. The van der Waals surface area contributed by atoms with Crippen molar-refractivity contribution in [2.75, 3.05) is 11.4 Å². The van der Waals surface area contributed by atoms with E-state index >= 15 is 0 Å². The summed E-state index contributed by atoms with van der Waals surface area (Å²) in [4.78, 5) is 0.315. The summed E-state index contributed by atoms with van der Waals surface area (Å²) in [7, 11) is -1.92. The maximum Gasteiger partial charge on any atom is 0.264 e. The van der Waals surface area contributed by atoms with Crippen LogP contribution in [0.25, 0.3) is 0 Å². The predicted molar refractivity (Wildman–Crippen MR) is 87.4 cm³/mol. The van der Waals surface area contributed by atoms with Gasteiger partial charge in [0.15, 0.2) is 0 Å². The van der Waals surface area contributed by atoms with E-state index in [1.165, 1.54) is 4.31 Å². The summed E-state index contributed by atoms with van der Waals surface area (Å²) in [5, 5.41) is 0. The number of benzene rings is 2. The summed E-state index contributed by atoms with van der Waals surface area (Å²) in [6, 6.07) is 10.9. The smallest absolute Gasteiger partial charge is 0.264 e. The minimum absolute atomic E-state index is 0.315. The fourth-order valence-electron chi connectivity index (χ4n) is 2.66. The molecule has 21 heavy (non-hydrogen) atoms. The number of sulfonamides is 1. The van der Waals surface area contributed by atoms with Gasteiger partial charge < -0.3 is 0 Å². The topological polar surface area (TPSA) is 37.4 Å². The van der Waals surface area contributed by atoms with E-state index in [2.05, 4.69) is 0 Å². The Morgan fingerprint density at radius 2 is 1.29 bits per heavy atom. The highest BCUT2D eigenvalue weighted by molar-refractivity contribution is 7.92. The van der Waals surface area contributed by atoms with Gasteiger partial charge in [0, 0.05) is 7.05 Å². The fourth-order valence-corrected chi connectivity index (χ4v) is 3.98. The molecule has 0 atom stereocenters. The second-order valence-corrected chi connectivity index (χ2v) is 7.50. The molecule has 0 unspecified atom stereocenters. The lowest BCUT2D eigenvalue weighted by Gasteiger charge is -2.24. The van der Waals surface area contributed by atoms with Crippen molar-refractivity contribution in [3.05, 3.63) is 58.7 Å². The highest BCUT2D eigenvalue weighted by Gasteiger charge is 2.23. The maximum atomic E-state index is 12.8. The Morgan fingerprint density at radius 3 is 1.76 bits per heavy atom. The van der Waals surface area contributed by atoms with Gasteiger partial charge in [-0.25, -0.2) is 8.42 Å². The van der Waals surface area contributed by atoms with E-state index in [0.717, 1.165) is 27.9 Å². The van der Waals surface area contributed by atoms with Crippen LogP contribution in [0, 0.1) is 27.7 Å². The molecule has 0 bridgehead atoms. The highest BCUT2D eigenvalue weighted by Crippen LogP contribution is 2.29. The van der Waals surface area contributed by atoms with Crippen LogP contribution in [0.15, 0.2) is 41.3 Å². The van der Waals surface area contributed by atoms with E-state index in [1.54, 1.807) is 19.2 Å². The van der Waals surface area contributed by atoms with Crippen molar-refractivity contribution in [2.24, 2.45) is 0 Å². The van der Waals surface area contributed by atoms with E-state index in [4.69, 9.17) is 0 Å². The van der Waals surface area contributed by atoms with E-state index < -0.39 is 10.0 Å². The minimum Gasteiger partial charge on any atom is -0.269 e. The van der Waals surface area contributed by atoms with Gasteiger partial charge in [0.1, 0.15) is 0 Å². The largest absolute Gasteiger partial charge is 0.269 e. The number of hydrogen-bond acceptors (Lipinski definition) is 2. The zero-order valence-electron chi connectivity index (χ0n) is 13.1. The molecule has 2 aromatic carbocycles. The quantitative estimate of drug-likeness (QED) is 0.866. The molecule has 0 radical (unpaired) electrons. The van der Waals surface area contributed by atoms with Crippen molar-refractivity contribution in [2.45, 2.75) is 32.6 Å².